The Bertz CT molecular complexity index is 453. The van der Waals surface area contributed by atoms with Crippen molar-refractivity contribution in [3.63, 3.8) is 0 Å². The first-order valence-corrected chi connectivity index (χ1v) is 6.08. The summed E-state index contributed by atoms with van der Waals surface area (Å²) in [4.78, 5) is 26.3. The number of carbonyl (C=O) groups is 2. The highest BCUT2D eigenvalue weighted by Crippen LogP contribution is 2.25. The van der Waals surface area contributed by atoms with Crippen molar-refractivity contribution in [3.05, 3.63) is 24.0 Å². The second-order valence-corrected chi connectivity index (χ2v) is 4.70. The zero-order valence-corrected chi connectivity index (χ0v) is 10.4. The molecule has 6 nitrogen and oxygen atoms in total. The van der Waals surface area contributed by atoms with Crippen LogP contribution in [0.5, 0.6) is 0 Å². The smallest absolute Gasteiger partial charge is 0.407 e. The molecule has 104 valence electrons. The Morgan fingerprint density at radius 3 is 2.68 bits per heavy atom. The monoisotopic (exact) mass is 269 g/mol. The molecule has 2 amide bonds. The Morgan fingerprint density at radius 2 is 2.16 bits per heavy atom. The number of amides is 2. The third-order valence-electron chi connectivity index (χ3n) is 3.36. The van der Waals surface area contributed by atoms with Crippen molar-refractivity contribution in [2.24, 2.45) is 0 Å². The van der Waals surface area contributed by atoms with Crippen molar-refractivity contribution in [1.82, 2.24) is 15.2 Å². The third kappa shape index (κ3) is 3.24. The summed E-state index contributed by atoms with van der Waals surface area (Å²) < 4.78 is 14.4. The third-order valence-corrected chi connectivity index (χ3v) is 3.36. The SMILES string of the molecule is O=C(NCC1(F)CCN(C(=O)O)CC1)c1cc[nH]c1. The molecule has 1 aromatic heterocycles. The van der Waals surface area contributed by atoms with Gasteiger partial charge in [0.2, 0.25) is 0 Å². The van der Waals surface area contributed by atoms with E-state index in [9.17, 15) is 14.0 Å². The van der Waals surface area contributed by atoms with Crippen molar-refractivity contribution in [1.29, 1.82) is 0 Å². The van der Waals surface area contributed by atoms with Gasteiger partial charge < -0.3 is 20.3 Å². The zero-order chi connectivity index (χ0) is 13.9. The van der Waals surface area contributed by atoms with Gasteiger partial charge in [-0.2, -0.15) is 0 Å². The summed E-state index contributed by atoms with van der Waals surface area (Å²) in [6.07, 6.45) is 2.33. The minimum absolute atomic E-state index is 0.0928. The number of carbonyl (C=O) groups excluding carboxylic acids is 1. The quantitative estimate of drug-likeness (QED) is 0.771. The first-order valence-electron chi connectivity index (χ1n) is 6.08. The van der Waals surface area contributed by atoms with Crippen molar-refractivity contribution in [2.45, 2.75) is 18.5 Å². The molecule has 0 aliphatic carbocycles. The van der Waals surface area contributed by atoms with Crippen LogP contribution in [0.3, 0.4) is 0 Å². The maximum Gasteiger partial charge on any atom is 0.407 e. The van der Waals surface area contributed by atoms with Crippen LogP contribution in [0, 0.1) is 0 Å². The molecular weight excluding hydrogens is 253 g/mol. The number of aromatic nitrogens is 1. The molecule has 19 heavy (non-hydrogen) atoms. The lowest BCUT2D eigenvalue weighted by molar-refractivity contribution is 0.0537. The van der Waals surface area contributed by atoms with E-state index in [0.717, 1.165) is 0 Å². The molecule has 0 bridgehead atoms. The van der Waals surface area contributed by atoms with E-state index < -0.39 is 11.8 Å². The average Bonchev–Trinajstić information content (AvgIpc) is 2.90. The van der Waals surface area contributed by atoms with Crippen LogP contribution in [0.2, 0.25) is 0 Å². The van der Waals surface area contributed by atoms with Crippen LogP contribution in [0.25, 0.3) is 0 Å². The highest BCUT2D eigenvalue weighted by atomic mass is 19.1. The second kappa shape index (κ2) is 5.29. The van der Waals surface area contributed by atoms with Crippen molar-refractivity contribution in [2.75, 3.05) is 19.6 Å². The van der Waals surface area contributed by atoms with Gasteiger partial charge in [-0.3, -0.25) is 4.79 Å². The standard InChI is InChI=1S/C12H16FN3O3/c13-12(2-5-16(6-3-12)11(18)19)8-15-10(17)9-1-4-14-7-9/h1,4,7,14H,2-3,5-6,8H2,(H,15,17)(H,18,19). The van der Waals surface area contributed by atoms with Crippen molar-refractivity contribution >= 4 is 12.0 Å². The fourth-order valence-electron chi connectivity index (χ4n) is 2.08. The molecule has 1 saturated heterocycles. The summed E-state index contributed by atoms with van der Waals surface area (Å²) in [6, 6.07) is 1.60. The van der Waals surface area contributed by atoms with Gasteiger partial charge in [-0.15, -0.1) is 0 Å². The number of aromatic amines is 1. The van der Waals surface area contributed by atoms with E-state index in [1.54, 1.807) is 12.3 Å². The summed E-state index contributed by atoms with van der Waals surface area (Å²) in [5.41, 5.74) is -1.08. The molecule has 1 aromatic rings. The summed E-state index contributed by atoms with van der Waals surface area (Å²) in [6.45, 7) is 0.224. The van der Waals surface area contributed by atoms with Gasteiger partial charge >= 0.3 is 6.09 Å². The van der Waals surface area contributed by atoms with Crippen LogP contribution in [0.4, 0.5) is 9.18 Å². The molecule has 0 spiro atoms. The van der Waals surface area contributed by atoms with Crippen LogP contribution < -0.4 is 5.32 Å². The second-order valence-electron chi connectivity index (χ2n) is 4.70. The van der Waals surface area contributed by atoms with Gasteiger partial charge in [0, 0.05) is 38.3 Å². The number of nitrogens with zero attached hydrogens (tertiary/aromatic N) is 1. The van der Waals surface area contributed by atoms with Gasteiger partial charge in [0.25, 0.3) is 5.91 Å². The maximum atomic E-state index is 14.4. The van der Waals surface area contributed by atoms with E-state index in [0.29, 0.717) is 5.56 Å². The predicted octanol–water partition coefficient (Wildman–Crippen LogP) is 1.23. The Kier molecular flexibility index (Phi) is 3.73. The van der Waals surface area contributed by atoms with Crippen molar-refractivity contribution < 1.29 is 19.1 Å². The lowest BCUT2D eigenvalue weighted by Gasteiger charge is -2.34. The molecule has 0 aromatic carbocycles. The molecule has 0 atom stereocenters. The topological polar surface area (TPSA) is 85.4 Å². The first-order chi connectivity index (χ1) is 9.00. The van der Waals surface area contributed by atoms with Gasteiger partial charge in [-0.25, -0.2) is 9.18 Å². The highest BCUT2D eigenvalue weighted by Gasteiger charge is 2.36. The first kappa shape index (κ1) is 13.4. The molecule has 2 heterocycles. The molecule has 2 rings (SSSR count). The summed E-state index contributed by atoms with van der Waals surface area (Å²) in [5, 5.41) is 11.3. The van der Waals surface area contributed by atoms with Crippen LogP contribution >= 0.6 is 0 Å². The van der Waals surface area contributed by atoms with Gasteiger partial charge in [-0.05, 0) is 6.07 Å². The fourth-order valence-corrected chi connectivity index (χ4v) is 2.08. The normalized spacial score (nSPS) is 18.1. The van der Waals surface area contributed by atoms with Gasteiger partial charge in [-0.1, -0.05) is 0 Å². The molecule has 1 aliphatic heterocycles. The summed E-state index contributed by atoms with van der Waals surface area (Å²) in [7, 11) is 0. The molecular formula is C12H16FN3O3. The highest BCUT2D eigenvalue weighted by molar-refractivity contribution is 5.93. The van der Waals surface area contributed by atoms with E-state index >= 15 is 0 Å². The number of likely N-dealkylation sites (tertiary alicyclic amines) is 1. The number of carboxylic acid groups (broad SMARTS) is 1. The molecule has 1 fully saturated rings. The molecule has 7 heteroatoms. The number of H-pyrrole nitrogens is 1. The lowest BCUT2D eigenvalue weighted by atomic mass is 9.93. The summed E-state index contributed by atoms with van der Waals surface area (Å²) in [5.74, 6) is -0.334. The minimum atomic E-state index is -1.53. The Hall–Kier alpha value is -2.05. The summed E-state index contributed by atoms with van der Waals surface area (Å²) >= 11 is 0. The predicted molar refractivity (Wildman–Crippen MR) is 65.8 cm³/mol. The van der Waals surface area contributed by atoms with Gasteiger partial charge in [0.05, 0.1) is 12.1 Å². The number of nitrogens with one attached hydrogen (secondary N) is 2. The molecule has 0 unspecified atom stereocenters. The van der Waals surface area contributed by atoms with Crippen LogP contribution in [-0.2, 0) is 0 Å². The number of piperidine rings is 1. The fraction of sp³-hybridized carbons (Fsp3) is 0.500. The number of rotatable bonds is 3. The van der Waals surface area contributed by atoms with Crippen LogP contribution in [0.1, 0.15) is 23.2 Å². The van der Waals surface area contributed by atoms with Crippen LogP contribution in [-0.4, -0.2) is 52.3 Å². The molecule has 0 saturated carbocycles. The van der Waals surface area contributed by atoms with Gasteiger partial charge in [0.15, 0.2) is 0 Å². The number of alkyl halides is 1. The largest absolute Gasteiger partial charge is 0.465 e. The average molecular weight is 269 g/mol. The molecule has 3 N–H and O–H groups in total. The minimum Gasteiger partial charge on any atom is -0.465 e. The van der Waals surface area contributed by atoms with Gasteiger partial charge in [0.1, 0.15) is 5.67 Å². The van der Waals surface area contributed by atoms with Crippen LogP contribution in [0.15, 0.2) is 18.5 Å². The van der Waals surface area contributed by atoms with E-state index in [2.05, 4.69) is 10.3 Å². The Morgan fingerprint density at radius 1 is 1.47 bits per heavy atom. The zero-order valence-electron chi connectivity index (χ0n) is 10.4. The molecule has 1 aliphatic rings. The van der Waals surface area contributed by atoms with E-state index in [-0.39, 0.29) is 38.4 Å². The van der Waals surface area contributed by atoms with E-state index in [4.69, 9.17) is 5.11 Å². The number of hydrogen-bond donors (Lipinski definition) is 3. The molecule has 0 radical (unpaired) electrons. The number of halogens is 1. The number of hydrogen-bond acceptors (Lipinski definition) is 2. The Balaban J connectivity index is 1.83. The maximum absolute atomic E-state index is 14.4. The Labute approximate surface area is 109 Å². The van der Waals surface area contributed by atoms with Crippen molar-refractivity contribution in [3.8, 4) is 0 Å². The van der Waals surface area contributed by atoms with E-state index in [1.807, 2.05) is 0 Å². The lowest BCUT2D eigenvalue weighted by Crippen LogP contribution is -2.49. The van der Waals surface area contributed by atoms with E-state index in [1.165, 1.54) is 11.1 Å².